The van der Waals surface area contributed by atoms with Crippen molar-refractivity contribution in [3.63, 3.8) is 0 Å². The van der Waals surface area contributed by atoms with Crippen molar-refractivity contribution in [1.82, 2.24) is 34.9 Å². The van der Waals surface area contributed by atoms with E-state index in [1.807, 2.05) is 58.9 Å². The first-order chi connectivity index (χ1) is 30.3. The van der Waals surface area contributed by atoms with Crippen molar-refractivity contribution < 1.29 is 46.2 Å². The quantitative estimate of drug-likeness (QED) is 0.0891. The van der Waals surface area contributed by atoms with Crippen LogP contribution < -0.4 is 24.8 Å². The summed E-state index contributed by atoms with van der Waals surface area (Å²) in [4.78, 5) is 76.2. The molecule has 0 radical (unpaired) electrons. The Morgan fingerprint density at radius 2 is 1.80 bits per heavy atom. The van der Waals surface area contributed by atoms with Crippen LogP contribution in [-0.2, 0) is 29.1 Å². The number of methoxy groups -OCH3 is 1. The zero-order valence-electron chi connectivity index (χ0n) is 36.5. The highest BCUT2D eigenvalue weighted by atomic mass is 32.2. The second-order valence-corrected chi connectivity index (χ2v) is 20.7. The number of aromatic nitrogens is 4. The van der Waals surface area contributed by atoms with Crippen LogP contribution in [0.25, 0.3) is 33.6 Å². The molecular formula is C44H50N8O10S2. The third-order valence-electron chi connectivity index (χ3n) is 11.4. The summed E-state index contributed by atoms with van der Waals surface area (Å²) in [6.45, 7) is 14.8. The highest BCUT2D eigenvalue weighted by molar-refractivity contribution is 7.91. The number of amides is 3. The van der Waals surface area contributed by atoms with Gasteiger partial charge in [-0.15, -0.1) is 6.58 Å². The van der Waals surface area contributed by atoms with Gasteiger partial charge in [-0.1, -0.05) is 38.2 Å². The number of pyridine rings is 1. The van der Waals surface area contributed by atoms with Gasteiger partial charge in [0.05, 0.1) is 30.7 Å². The molecule has 5 atom stereocenters. The van der Waals surface area contributed by atoms with Crippen molar-refractivity contribution in [2.45, 2.75) is 102 Å². The van der Waals surface area contributed by atoms with E-state index in [1.165, 1.54) is 18.1 Å². The van der Waals surface area contributed by atoms with Gasteiger partial charge in [0.15, 0.2) is 16.5 Å². The molecule has 3 fully saturated rings. The van der Waals surface area contributed by atoms with E-state index >= 15 is 4.79 Å². The lowest BCUT2D eigenvalue weighted by molar-refractivity contribution is -0.141. The number of aryl methyl sites for hydroxylation is 1. The minimum atomic E-state index is -3.95. The van der Waals surface area contributed by atoms with Crippen LogP contribution in [0.2, 0.25) is 0 Å². The molecule has 3 aliphatic rings. The van der Waals surface area contributed by atoms with Crippen molar-refractivity contribution in [3.8, 4) is 23.0 Å². The molecule has 0 spiro atoms. The minimum Gasteiger partial charge on any atom is -0.491 e. The van der Waals surface area contributed by atoms with Gasteiger partial charge in [-0.05, 0) is 81.8 Å². The Labute approximate surface area is 373 Å². The number of rotatable bonds is 15. The van der Waals surface area contributed by atoms with Gasteiger partial charge in [-0.3, -0.25) is 24.1 Å². The number of anilines is 1. The molecule has 2 saturated carbocycles. The molecular weight excluding hydrogens is 865 g/mol. The van der Waals surface area contributed by atoms with Crippen LogP contribution in [0.4, 0.5) is 5.13 Å². The molecule has 3 amide bonds. The number of carbonyl (C=O) groups is 4. The third kappa shape index (κ3) is 8.72. The zero-order chi connectivity index (χ0) is 45.9. The Hall–Kier alpha value is -6.15. The fourth-order valence-electron chi connectivity index (χ4n) is 7.84. The summed E-state index contributed by atoms with van der Waals surface area (Å²) in [5.41, 5.74) is 0.182. The van der Waals surface area contributed by atoms with Gasteiger partial charge >= 0.3 is 5.97 Å². The highest BCUT2D eigenvalue weighted by Gasteiger charge is 2.62. The van der Waals surface area contributed by atoms with Crippen LogP contribution >= 0.6 is 11.3 Å². The predicted octanol–water partition coefficient (Wildman–Crippen LogP) is 5.32. The second kappa shape index (κ2) is 16.8. The standard InChI is InChI=1S/C44H50N8O10S2/c1-9-25-20-44(25,41(56)51-64(57,58)28-16-17-28)50-37(53)29-19-27(21-52(29)39(54)35(43(5,6)7)48-42-46-23(4)34(63-42)40(55)59-8)61-38-33-32(31-30(62-33)11-10-18-45-31)47-36(49-38)24-12-14-26(15-13-24)60-22(2)3/h9-15,18,22,25,27-29,35H,1,16-17,19-21H2,2-8H3,(H,46,48)(H,50,53)(H,51,56)/t25-,27-,29+,35-,44-/m1/s1. The lowest BCUT2D eigenvalue weighted by atomic mass is 9.85. The molecule has 5 heterocycles. The first kappa shape index (κ1) is 44.5. The van der Waals surface area contributed by atoms with Crippen LogP contribution in [0.15, 0.2) is 59.7 Å². The Bertz CT molecular complexity index is 2780. The Balaban J connectivity index is 1.15. The van der Waals surface area contributed by atoms with Crippen LogP contribution in [0.1, 0.15) is 75.7 Å². The van der Waals surface area contributed by atoms with Crippen LogP contribution in [-0.4, -0.2) is 106 Å². The van der Waals surface area contributed by atoms with E-state index in [2.05, 4.69) is 31.9 Å². The molecule has 338 valence electrons. The summed E-state index contributed by atoms with van der Waals surface area (Å²) in [7, 11) is -2.68. The molecule has 3 N–H and O–H groups in total. The SMILES string of the molecule is C=C[C@@H]1C[C@]1(NC(=O)[C@@H]1C[C@@H](Oc2nc(-c3ccc(OC(C)C)cc3)nc3c2oc2cccnc23)CN1C(=O)[C@@H](Nc1nc(C)c(C(=O)OC)s1)C(C)(C)C)C(=O)NS(=O)(=O)C1CC1. The third-order valence-corrected chi connectivity index (χ3v) is 14.3. The van der Waals surface area contributed by atoms with Crippen molar-refractivity contribution in [2.24, 2.45) is 11.3 Å². The number of ether oxygens (including phenoxy) is 3. The number of nitrogens with one attached hydrogen (secondary N) is 3. The van der Waals surface area contributed by atoms with Gasteiger partial charge in [0.25, 0.3) is 11.8 Å². The lowest BCUT2D eigenvalue weighted by Gasteiger charge is -2.35. The summed E-state index contributed by atoms with van der Waals surface area (Å²) in [6.07, 6.45) is 3.14. The predicted molar refractivity (Wildman–Crippen MR) is 237 cm³/mol. The van der Waals surface area contributed by atoms with Crippen LogP contribution in [0.5, 0.6) is 11.6 Å². The average molecular weight is 915 g/mol. The highest BCUT2D eigenvalue weighted by Crippen LogP contribution is 2.46. The molecule has 8 rings (SSSR count). The number of nitrogens with zero attached hydrogens (tertiary/aromatic N) is 5. The first-order valence-electron chi connectivity index (χ1n) is 20.9. The summed E-state index contributed by atoms with van der Waals surface area (Å²) >= 11 is 1.03. The number of likely N-dealkylation sites (tertiary alicyclic amines) is 1. The van der Waals surface area contributed by atoms with E-state index in [0.29, 0.717) is 52.3 Å². The van der Waals surface area contributed by atoms with Gasteiger partial charge in [0.2, 0.25) is 27.4 Å². The summed E-state index contributed by atoms with van der Waals surface area (Å²) in [5, 5.41) is 5.66. The fourth-order valence-corrected chi connectivity index (χ4v) is 10.1. The molecule has 1 saturated heterocycles. The van der Waals surface area contributed by atoms with Crippen molar-refractivity contribution >= 4 is 72.4 Å². The normalized spacial score (nSPS) is 21.4. The Morgan fingerprint density at radius 3 is 2.44 bits per heavy atom. The van der Waals surface area contributed by atoms with E-state index in [-0.39, 0.29) is 47.0 Å². The summed E-state index contributed by atoms with van der Waals surface area (Å²) in [6, 6.07) is 8.53. The molecule has 2 aliphatic carbocycles. The number of benzene rings is 1. The second-order valence-electron chi connectivity index (χ2n) is 17.7. The number of thiazole rings is 1. The smallest absolute Gasteiger partial charge is 0.350 e. The maximum Gasteiger partial charge on any atom is 0.350 e. The largest absolute Gasteiger partial charge is 0.491 e. The molecule has 0 unspecified atom stereocenters. The van der Waals surface area contributed by atoms with Gasteiger partial charge in [0.1, 0.15) is 45.4 Å². The lowest BCUT2D eigenvalue weighted by Crippen LogP contribution is -2.58. The van der Waals surface area contributed by atoms with Crippen molar-refractivity contribution in [1.29, 1.82) is 0 Å². The monoisotopic (exact) mass is 914 g/mol. The molecule has 0 bridgehead atoms. The van der Waals surface area contributed by atoms with E-state index < -0.39 is 74.0 Å². The van der Waals surface area contributed by atoms with E-state index in [4.69, 9.17) is 28.6 Å². The molecule has 4 aromatic heterocycles. The number of sulfonamides is 1. The Morgan fingerprint density at radius 1 is 1.06 bits per heavy atom. The molecule has 1 aromatic carbocycles. The van der Waals surface area contributed by atoms with E-state index in [1.54, 1.807) is 25.3 Å². The summed E-state index contributed by atoms with van der Waals surface area (Å²) < 4.78 is 51.6. The number of carbonyl (C=O) groups excluding carboxylic acids is 4. The topological polar surface area (TPSA) is 234 Å². The number of esters is 1. The number of hydrogen-bond donors (Lipinski definition) is 3. The number of hydrogen-bond acceptors (Lipinski definition) is 16. The summed E-state index contributed by atoms with van der Waals surface area (Å²) in [5.74, 6) is -2.18. The zero-order valence-corrected chi connectivity index (χ0v) is 38.1. The van der Waals surface area contributed by atoms with Crippen LogP contribution in [0, 0.1) is 18.3 Å². The maximum absolute atomic E-state index is 15.0. The maximum atomic E-state index is 15.0. The van der Waals surface area contributed by atoms with Crippen LogP contribution in [0.3, 0.4) is 0 Å². The molecule has 18 nitrogen and oxygen atoms in total. The minimum absolute atomic E-state index is 0.0325. The average Bonchev–Trinajstić information content (AvgIpc) is 4.11. The van der Waals surface area contributed by atoms with E-state index in [0.717, 1.165) is 11.3 Å². The first-order valence-corrected chi connectivity index (χ1v) is 23.3. The molecule has 5 aromatic rings. The van der Waals surface area contributed by atoms with Gasteiger partial charge < -0.3 is 34.2 Å². The van der Waals surface area contributed by atoms with E-state index in [9.17, 15) is 22.8 Å². The molecule has 64 heavy (non-hydrogen) atoms. The fraction of sp³-hybridized carbons (Fsp3) is 0.455. The van der Waals surface area contributed by atoms with Gasteiger partial charge in [0, 0.05) is 24.1 Å². The Kier molecular flexibility index (Phi) is 11.6. The van der Waals surface area contributed by atoms with Gasteiger partial charge in [-0.25, -0.2) is 23.2 Å². The number of fused-ring (bicyclic) bond motifs is 3. The van der Waals surface area contributed by atoms with Crippen molar-refractivity contribution in [2.75, 3.05) is 19.0 Å². The molecule has 20 heteroatoms. The van der Waals surface area contributed by atoms with Gasteiger partial charge in [-0.2, -0.15) is 4.98 Å². The van der Waals surface area contributed by atoms with Crippen molar-refractivity contribution in [3.05, 3.63) is 65.8 Å². The molecule has 1 aliphatic heterocycles. The number of furan rings is 1.